The van der Waals surface area contributed by atoms with Crippen molar-refractivity contribution in [2.45, 2.75) is 12.2 Å². The standard InChI is InChI=1S/C13H14ClN3O3S/c1-9-6-16(2-3-21(9,19)20)13-10(7-18)4-11(14)12-5-15-8-17(12)13/h4-5,7-9H,2-3,6H2,1H3. The molecule has 6 nitrogen and oxygen atoms in total. The smallest absolute Gasteiger partial charge is 0.156 e. The number of rotatable bonds is 2. The summed E-state index contributed by atoms with van der Waals surface area (Å²) in [5.74, 6) is 0.717. The minimum absolute atomic E-state index is 0.0747. The predicted octanol–water partition coefficient (Wildman–Crippen LogP) is 1.42. The number of fused-ring (bicyclic) bond motifs is 1. The van der Waals surface area contributed by atoms with Crippen molar-refractivity contribution < 1.29 is 13.2 Å². The SMILES string of the molecule is CC1CN(c2c(C=O)cc(Cl)c3cncn23)CCS1(=O)=O. The zero-order valence-electron chi connectivity index (χ0n) is 11.4. The Morgan fingerprint density at radius 3 is 2.90 bits per heavy atom. The van der Waals surface area contributed by atoms with Gasteiger partial charge in [-0.1, -0.05) is 11.6 Å². The Hall–Kier alpha value is -1.60. The second-order valence-corrected chi connectivity index (χ2v) is 8.11. The van der Waals surface area contributed by atoms with E-state index in [9.17, 15) is 13.2 Å². The number of carbonyl (C=O) groups is 1. The number of nitrogens with zero attached hydrogens (tertiary/aromatic N) is 3. The van der Waals surface area contributed by atoms with Crippen LogP contribution in [0.1, 0.15) is 17.3 Å². The first-order chi connectivity index (χ1) is 9.94. The molecule has 2 aromatic heterocycles. The molecule has 1 atom stereocenters. The topological polar surface area (TPSA) is 71.8 Å². The van der Waals surface area contributed by atoms with Gasteiger partial charge in [0.1, 0.15) is 12.1 Å². The lowest BCUT2D eigenvalue weighted by Crippen LogP contribution is -2.46. The Labute approximate surface area is 127 Å². The molecule has 0 aromatic carbocycles. The van der Waals surface area contributed by atoms with Gasteiger partial charge >= 0.3 is 0 Å². The Bertz CT molecular complexity index is 815. The summed E-state index contributed by atoms with van der Waals surface area (Å²) < 4.78 is 25.4. The average molecular weight is 328 g/mol. The van der Waals surface area contributed by atoms with Crippen LogP contribution in [0.3, 0.4) is 0 Å². The number of aldehydes is 1. The molecule has 21 heavy (non-hydrogen) atoms. The van der Waals surface area contributed by atoms with E-state index >= 15 is 0 Å². The lowest BCUT2D eigenvalue weighted by Gasteiger charge is -2.33. The van der Waals surface area contributed by atoms with Gasteiger partial charge in [-0.15, -0.1) is 0 Å². The maximum atomic E-state index is 11.8. The molecule has 1 fully saturated rings. The summed E-state index contributed by atoms with van der Waals surface area (Å²) >= 11 is 6.13. The number of pyridine rings is 1. The van der Waals surface area contributed by atoms with Crippen molar-refractivity contribution in [1.29, 1.82) is 0 Å². The van der Waals surface area contributed by atoms with Crippen molar-refractivity contribution in [2.24, 2.45) is 0 Å². The fraction of sp³-hybridized carbons (Fsp3) is 0.385. The molecule has 0 bridgehead atoms. The molecule has 1 saturated heterocycles. The van der Waals surface area contributed by atoms with Crippen LogP contribution in [0, 0.1) is 0 Å². The zero-order chi connectivity index (χ0) is 15.2. The predicted molar refractivity (Wildman–Crippen MR) is 81.1 cm³/mol. The van der Waals surface area contributed by atoms with Gasteiger partial charge in [0.2, 0.25) is 0 Å². The van der Waals surface area contributed by atoms with Crippen LogP contribution in [0.5, 0.6) is 0 Å². The summed E-state index contributed by atoms with van der Waals surface area (Å²) in [6.45, 7) is 2.38. The van der Waals surface area contributed by atoms with E-state index in [0.717, 1.165) is 6.29 Å². The van der Waals surface area contributed by atoms with Crippen LogP contribution >= 0.6 is 11.6 Å². The quantitative estimate of drug-likeness (QED) is 0.780. The summed E-state index contributed by atoms with van der Waals surface area (Å²) in [7, 11) is -3.05. The molecule has 1 aliphatic heterocycles. The Morgan fingerprint density at radius 2 is 2.24 bits per heavy atom. The fourth-order valence-corrected chi connectivity index (χ4v) is 4.16. The highest BCUT2D eigenvalue weighted by atomic mass is 35.5. The highest BCUT2D eigenvalue weighted by Gasteiger charge is 2.31. The third kappa shape index (κ3) is 2.30. The van der Waals surface area contributed by atoms with Gasteiger partial charge in [-0.25, -0.2) is 13.4 Å². The highest BCUT2D eigenvalue weighted by Crippen LogP contribution is 2.29. The molecule has 0 aliphatic carbocycles. The summed E-state index contributed by atoms with van der Waals surface area (Å²) in [6, 6.07) is 1.59. The lowest BCUT2D eigenvalue weighted by molar-refractivity contribution is 0.112. The minimum Gasteiger partial charge on any atom is -0.355 e. The van der Waals surface area contributed by atoms with Crippen molar-refractivity contribution in [2.75, 3.05) is 23.7 Å². The molecule has 0 saturated carbocycles. The molecule has 0 spiro atoms. The van der Waals surface area contributed by atoms with Crippen LogP contribution in [0.4, 0.5) is 5.82 Å². The molecular formula is C13H14ClN3O3S. The number of halogens is 1. The summed E-state index contributed by atoms with van der Waals surface area (Å²) in [6.07, 6.45) is 3.93. The van der Waals surface area contributed by atoms with E-state index in [-0.39, 0.29) is 5.75 Å². The second kappa shape index (κ2) is 4.99. The molecule has 112 valence electrons. The first-order valence-corrected chi connectivity index (χ1v) is 8.59. The van der Waals surface area contributed by atoms with E-state index in [1.807, 2.05) is 4.90 Å². The van der Waals surface area contributed by atoms with Crippen molar-refractivity contribution in [3.05, 3.63) is 29.2 Å². The van der Waals surface area contributed by atoms with Crippen molar-refractivity contribution >= 4 is 39.1 Å². The number of hydrogen-bond donors (Lipinski definition) is 0. The van der Waals surface area contributed by atoms with E-state index in [1.54, 1.807) is 29.9 Å². The molecule has 3 rings (SSSR count). The van der Waals surface area contributed by atoms with Crippen molar-refractivity contribution in [3.8, 4) is 0 Å². The van der Waals surface area contributed by atoms with E-state index in [1.165, 1.54) is 0 Å². The molecule has 1 aliphatic rings. The number of imidazole rings is 1. The van der Waals surface area contributed by atoms with Crippen LogP contribution in [0.15, 0.2) is 18.6 Å². The Morgan fingerprint density at radius 1 is 1.48 bits per heavy atom. The summed E-state index contributed by atoms with van der Waals surface area (Å²) in [4.78, 5) is 17.3. The molecular weight excluding hydrogens is 314 g/mol. The molecule has 8 heteroatoms. The number of carbonyl (C=O) groups excluding carboxylic acids is 1. The third-order valence-electron chi connectivity index (χ3n) is 3.81. The number of aromatic nitrogens is 2. The van der Waals surface area contributed by atoms with Crippen molar-refractivity contribution in [1.82, 2.24) is 9.38 Å². The third-order valence-corrected chi connectivity index (χ3v) is 6.24. The molecule has 2 aromatic rings. The summed E-state index contributed by atoms with van der Waals surface area (Å²) in [5.41, 5.74) is 1.12. The van der Waals surface area contributed by atoms with Gasteiger partial charge in [-0.05, 0) is 13.0 Å². The highest BCUT2D eigenvalue weighted by molar-refractivity contribution is 7.92. The average Bonchev–Trinajstić information content (AvgIpc) is 2.92. The van der Waals surface area contributed by atoms with Crippen LogP contribution in [0.25, 0.3) is 5.52 Å². The van der Waals surface area contributed by atoms with Crippen LogP contribution in [-0.4, -0.2) is 48.2 Å². The van der Waals surface area contributed by atoms with Crippen LogP contribution in [-0.2, 0) is 9.84 Å². The van der Waals surface area contributed by atoms with E-state index in [4.69, 9.17) is 11.6 Å². The lowest BCUT2D eigenvalue weighted by atomic mass is 10.2. The van der Waals surface area contributed by atoms with Gasteiger partial charge in [-0.3, -0.25) is 9.20 Å². The second-order valence-electron chi connectivity index (χ2n) is 5.16. The first-order valence-electron chi connectivity index (χ1n) is 6.50. The number of sulfone groups is 1. The van der Waals surface area contributed by atoms with Gasteiger partial charge in [0.25, 0.3) is 0 Å². The molecule has 3 heterocycles. The van der Waals surface area contributed by atoms with E-state index in [0.29, 0.717) is 35.0 Å². The Balaban J connectivity index is 2.14. The largest absolute Gasteiger partial charge is 0.355 e. The van der Waals surface area contributed by atoms with Gasteiger partial charge in [0.15, 0.2) is 16.1 Å². The zero-order valence-corrected chi connectivity index (χ0v) is 12.9. The number of hydrogen-bond acceptors (Lipinski definition) is 5. The van der Waals surface area contributed by atoms with Gasteiger partial charge in [-0.2, -0.15) is 0 Å². The molecule has 1 unspecified atom stereocenters. The van der Waals surface area contributed by atoms with Crippen molar-refractivity contribution in [3.63, 3.8) is 0 Å². The monoisotopic (exact) mass is 327 g/mol. The molecule has 0 amide bonds. The maximum Gasteiger partial charge on any atom is 0.156 e. The van der Waals surface area contributed by atoms with Gasteiger partial charge in [0, 0.05) is 13.1 Å². The van der Waals surface area contributed by atoms with E-state index < -0.39 is 15.1 Å². The fourth-order valence-electron chi connectivity index (χ4n) is 2.62. The van der Waals surface area contributed by atoms with E-state index in [2.05, 4.69) is 4.98 Å². The Kier molecular flexibility index (Phi) is 3.41. The molecule has 0 radical (unpaired) electrons. The first kappa shape index (κ1) is 14.3. The normalized spacial score (nSPS) is 21.6. The maximum absolute atomic E-state index is 11.8. The minimum atomic E-state index is -3.05. The van der Waals surface area contributed by atoms with Crippen LogP contribution < -0.4 is 4.90 Å². The molecule has 0 N–H and O–H groups in total. The summed E-state index contributed by atoms with van der Waals surface area (Å²) in [5, 5.41) is -0.0315. The van der Waals surface area contributed by atoms with Crippen LogP contribution in [0.2, 0.25) is 5.02 Å². The van der Waals surface area contributed by atoms with Gasteiger partial charge in [0.05, 0.1) is 33.3 Å². The number of anilines is 1. The van der Waals surface area contributed by atoms with Gasteiger partial charge < -0.3 is 4.90 Å².